The van der Waals surface area contributed by atoms with Crippen LogP contribution in [0.2, 0.25) is 0 Å². The first-order valence-corrected chi connectivity index (χ1v) is 21.4. The highest BCUT2D eigenvalue weighted by Gasteiger charge is 2.33. The number of fused-ring (bicyclic) bond motifs is 5. The summed E-state index contributed by atoms with van der Waals surface area (Å²) in [6, 6.07) is 21.3. The molecular weight excluding hydrogens is 775 g/mol. The summed E-state index contributed by atoms with van der Waals surface area (Å²) in [4.78, 5) is 72.4. The van der Waals surface area contributed by atoms with Crippen LogP contribution in [0, 0.1) is 0 Å². The van der Waals surface area contributed by atoms with Crippen LogP contribution in [0.4, 0.5) is 17.1 Å². The van der Waals surface area contributed by atoms with Crippen molar-refractivity contribution in [2.75, 3.05) is 43.6 Å². The van der Waals surface area contributed by atoms with E-state index >= 15 is 0 Å². The van der Waals surface area contributed by atoms with E-state index in [2.05, 4.69) is 22.4 Å². The third-order valence-electron chi connectivity index (χ3n) is 11.8. The minimum atomic E-state index is -0.282. The standard InChI is InChI=1S/C48H51N5O8/c1-59-42-27-38-39(49-30-34-11-10-24-51(34)48(38)58)28-43(42)60-26-9-3-5-15-45(55)52-25-22-36-35-12-6-7-13-37(35)41(29-40(36)52)61-31-32-16-18-33(19-17-32)50-44(54)14-4-2-8-23-53-46(56)20-21-47(53)57/h6-7,12-13,16-21,27-30,34H,2-5,8-11,14-15,22-26,31H2,1H3,(H,50,54)/t34-/m0/s1. The van der Waals surface area contributed by atoms with Crippen LogP contribution in [0.1, 0.15) is 85.7 Å². The number of aliphatic imine (C=N–C) groups is 1. The number of carbonyl (C=O) groups is 5. The van der Waals surface area contributed by atoms with Crippen LogP contribution in [0.25, 0.3) is 10.8 Å². The van der Waals surface area contributed by atoms with Gasteiger partial charge >= 0.3 is 0 Å². The first-order valence-electron chi connectivity index (χ1n) is 21.4. The number of hydrogen-bond donors (Lipinski definition) is 1. The van der Waals surface area contributed by atoms with Crippen molar-refractivity contribution in [3.8, 4) is 17.2 Å². The van der Waals surface area contributed by atoms with Crippen molar-refractivity contribution < 1.29 is 38.2 Å². The molecular formula is C48H51N5O8. The Hall–Kier alpha value is -6.50. The van der Waals surface area contributed by atoms with Gasteiger partial charge in [-0.05, 0) is 86.1 Å². The second kappa shape index (κ2) is 18.8. The number of benzene rings is 4. The van der Waals surface area contributed by atoms with Gasteiger partial charge in [0.2, 0.25) is 11.8 Å². The van der Waals surface area contributed by atoms with E-state index in [0.29, 0.717) is 86.2 Å². The summed E-state index contributed by atoms with van der Waals surface area (Å²) >= 11 is 0. The number of rotatable bonds is 18. The summed E-state index contributed by atoms with van der Waals surface area (Å²) in [5.74, 6) is 1.17. The maximum atomic E-state index is 13.6. The molecule has 5 amide bonds. The van der Waals surface area contributed by atoms with Crippen molar-refractivity contribution in [2.24, 2.45) is 4.99 Å². The van der Waals surface area contributed by atoms with Crippen LogP contribution in [0.5, 0.6) is 17.2 Å². The largest absolute Gasteiger partial charge is 0.493 e. The van der Waals surface area contributed by atoms with E-state index in [1.807, 2.05) is 58.5 Å². The number of carbonyl (C=O) groups excluding carboxylic acids is 5. The van der Waals surface area contributed by atoms with Gasteiger partial charge in [-0.15, -0.1) is 0 Å². The molecule has 0 aliphatic carbocycles. The first-order chi connectivity index (χ1) is 29.8. The molecule has 0 radical (unpaired) electrons. The molecule has 13 heteroatoms. The number of ether oxygens (including phenoxy) is 3. The Morgan fingerprint density at radius 2 is 1.57 bits per heavy atom. The van der Waals surface area contributed by atoms with Crippen LogP contribution >= 0.6 is 0 Å². The number of imide groups is 1. The van der Waals surface area contributed by atoms with E-state index in [0.717, 1.165) is 79.1 Å². The fourth-order valence-electron chi connectivity index (χ4n) is 8.56. The van der Waals surface area contributed by atoms with Gasteiger partial charge in [0.05, 0.1) is 36.7 Å². The molecule has 1 N–H and O–H groups in total. The Balaban J connectivity index is 0.802. The number of methoxy groups -OCH3 is 1. The summed E-state index contributed by atoms with van der Waals surface area (Å²) in [6.07, 6.45) is 12.2. The normalized spacial score (nSPS) is 16.5. The molecule has 4 aromatic rings. The van der Waals surface area contributed by atoms with Crippen LogP contribution < -0.4 is 24.4 Å². The second-order valence-electron chi connectivity index (χ2n) is 15.9. The first kappa shape index (κ1) is 41.2. The van der Waals surface area contributed by atoms with E-state index in [-0.39, 0.29) is 35.6 Å². The maximum absolute atomic E-state index is 13.6. The molecule has 8 rings (SSSR count). The highest BCUT2D eigenvalue weighted by Crippen LogP contribution is 2.41. The molecule has 4 aromatic carbocycles. The predicted octanol–water partition coefficient (Wildman–Crippen LogP) is 7.70. The summed E-state index contributed by atoms with van der Waals surface area (Å²) in [6.45, 7) is 2.48. The number of anilines is 2. The van der Waals surface area contributed by atoms with E-state index < -0.39 is 0 Å². The van der Waals surface area contributed by atoms with Crippen LogP contribution in [0.15, 0.2) is 83.9 Å². The van der Waals surface area contributed by atoms with Crippen LogP contribution in [-0.4, -0.2) is 84.9 Å². The number of hydrogen-bond acceptors (Lipinski definition) is 9. The predicted molar refractivity (Wildman–Crippen MR) is 233 cm³/mol. The highest BCUT2D eigenvalue weighted by atomic mass is 16.5. The molecule has 0 saturated carbocycles. The van der Waals surface area contributed by atoms with Crippen molar-refractivity contribution >= 4 is 63.6 Å². The van der Waals surface area contributed by atoms with Crippen molar-refractivity contribution in [1.29, 1.82) is 0 Å². The lowest BCUT2D eigenvalue weighted by Crippen LogP contribution is -2.35. The number of amides is 5. The Labute approximate surface area is 355 Å². The Morgan fingerprint density at radius 1 is 0.803 bits per heavy atom. The molecule has 4 aliphatic heterocycles. The second-order valence-corrected chi connectivity index (χ2v) is 15.9. The molecule has 4 heterocycles. The number of nitrogens with one attached hydrogen (secondary N) is 1. The number of unbranched alkanes of at least 4 members (excludes halogenated alkanes) is 4. The topological polar surface area (TPSA) is 147 Å². The third-order valence-corrected chi connectivity index (χ3v) is 11.8. The molecule has 1 atom stereocenters. The van der Waals surface area contributed by atoms with Gasteiger partial charge in [-0.2, -0.15) is 0 Å². The SMILES string of the molecule is COc1cc2c(cc1OCCCCCC(=O)N1CCc3c1cc(OCc1ccc(NC(=O)CCCCCN4C(=O)C=CC4=O)cc1)c1ccccc31)N=C[C@@H]1CCCN1C2=O. The average Bonchev–Trinajstić information content (AvgIpc) is 4.00. The molecule has 0 bridgehead atoms. The lowest BCUT2D eigenvalue weighted by molar-refractivity contribution is -0.137. The van der Waals surface area contributed by atoms with E-state index in [1.165, 1.54) is 17.1 Å². The smallest absolute Gasteiger partial charge is 0.256 e. The van der Waals surface area contributed by atoms with Crippen molar-refractivity contribution in [1.82, 2.24) is 9.80 Å². The monoisotopic (exact) mass is 825 g/mol. The molecule has 0 unspecified atom stereocenters. The third kappa shape index (κ3) is 9.30. The van der Waals surface area contributed by atoms with Crippen molar-refractivity contribution in [3.05, 3.63) is 95.6 Å². The van der Waals surface area contributed by atoms with Crippen LogP contribution in [0.3, 0.4) is 0 Å². The molecule has 0 aromatic heterocycles. The van der Waals surface area contributed by atoms with Crippen molar-refractivity contribution in [2.45, 2.75) is 83.3 Å². The highest BCUT2D eigenvalue weighted by molar-refractivity contribution is 6.13. The zero-order valence-electron chi connectivity index (χ0n) is 34.5. The average molecular weight is 826 g/mol. The van der Waals surface area contributed by atoms with Gasteiger partial charge in [0.1, 0.15) is 12.4 Å². The van der Waals surface area contributed by atoms with Gasteiger partial charge in [0.25, 0.3) is 17.7 Å². The lowest BCUT2D eigenvalue weighted by atomic mass is 10.0. The fourth-order valence-corrected chi connectivity index (χ4v) is 8.56. The lowest BCUT2D eigenvalue weighted by Gasteiger charge is -2.20. The molecule has 316 valence electrons. The van der Waals surface area contributed by atoms with E-state index in [1.54, 1.807) is 19.2 Å². The minimum absolute atomic E-state index is 0.0250. The van der Waals surface area contributed by atoms with Gasteiger partial charge in [-0.25, -0.2) is 0 Å². The Kier molecular flexibility index (Phi) is 12.7. The van der Waals surface area contributed by atoms with Gasteiger partial charge in [-0.1, -0.05) is 42.8 Å². The summed E-state index contributed by atoms with van der Waals surface area (Å²) in [5.41, 5.74) is 4.80. The van der Waals surface area contributed by atoms with Gasteiger partial charge in [-0.3, -0.25) is 33.9 Å². The minimum Gasteiger partial charge on any atom is -0.493 e. The molecule has 0 spiro atoms. The summed E-state index contributed by atoms with van der Waals surface area (Å²) in [5, 5.41) is 5.02. The van der Waals surface area contributed by atoms with Crippen molar-refractivity contribution in [3.63, 3.8) is 0 Å². The maximum Gasteiger partial charge on any atom is 0.256 e. The number of nitrogens with zero attached hydrogens (tertiary/aromatic N) is 4. The molecule has 1 saturated heterocycles. The quantitative estimate of drug-likeness (QED) is 0.0794. The van der Waals surface area contributed by atoms with E-state index in [9.17, 15) is 24.0 Å². The Bertz CT molecular complexity index is 2370. The molecule has 61 heavy (non-hydrogen) atoms. The van der Waals surface area contributed by atoms with Gasteiger partial charge in [0, 0.05) is 74.0 Å². The fraction of sp³-hybridized carbons (Fsp3) is 0.375. The summed E-state index contributed by atoms with van der Waals surface area (Å²) < 4.78 is 18.1. The Morgan fingerprint density at radius 3 is 2.38 bits per heavy atom. The summed E-state index contributed by atoms with van der Waals surface area (Å²) in [7, 11) is 1.57. The zero-order valence-corrected chi connectivity index (χ0v) is 34.5. The van der Waals surface area contributed by atoms with Gasteiger partial charge < -0.3 is 29.3 Å². The molecule has 1 fully saturated rings. The zero-order chi connectivity index (χ0) is 42.3. The van der Waals surface area contributed by atoms with Gasteiger partial charge in [0.15, 0.2) is 11.5 Å². The van der Waals surface area contributed by atoms with E-state index in [4.69, 9.17) is 14.2 Å². The van der Waals surface area contributed by atoms with Crippen LogP contribution in [-0.2, 0) is 32.2 Å². The molecule has 4 aliphatic rings. The molecule has 13 nitrogen and oxygen atoms in total.